The highest BCUT2D eigenvalue weighted by Gasteiger charge is 2.42. The fourth-order valence-electron chi connectivity index (χ4n) is 14.9. The van der Waals surface area contributed by atoms with Gasteiger partial charge in [0, 0.05) is 96.6 Å². The largest absolute Gasteiger partial charge is 0.508 e. The van der Waals surface area contributed by atoms with Gasteiger partial charge in [-0.2, -0.15) is 0 Å². The zero-order valence-corrected chi connectivity index (χ0v) is 74.5. The van der Waals surface area contributed by atoms with E-state index < -0.39 is 186 Å². The Labute approximate surface area is 744 Å². The van der Waals surface area contributed by atoms with E-state index in [1.54, 1.807) is 156 Å². The summed E-state index contributed by atoms with van der Waals surface area (Å²) in [5.74, 6) is -14.4. The Morgan fingerprint density at radius 3 is 1.43 bits per heavy atom. The Hall–Kier alpha value is -13.1. The monoisotopic (exact) mass is 1760 g/mol. The summed E-state index contributed by atoms with van der Waals surface area (Å²) in [4.78, 5) is 231. The molecule has 0 aliphatic carbocycles. The molecule has 1 fully saturated rings. The highest BCUT2D eigenvalue weighted by atomic mass is 32.2. The minimum absolute atomic E-state index is 0.0122. The SMILES string of the molecule is CCCC[C@H]1C(=O)N(C)CC(=O)N[C@@H](CC)C(=O)N[C@@H](C(C)C)C(=O)N(C)[C@@H](Cc2ccccc2)C(=O)N[C@@H](Cc2ccc(O)cc2)C(=O)N(C)CC(=O)N[C@@H](Cc2c[nH]c3ccccc23)C(=O)NC(Cc2ccc(O)cc2)C(=O)N[C@@H](CC(C)C)C(=O)N[C@H](C(=O)NCC(N)=O)CSCC(=O)N[C@@H](Cc2ccccc2)C(=O)N(C)[C@@H](Cc2ccccc2)C(=O)N1C. The molecule has 15 amide bonds. The van der Waals surface area contributed by atoms with Crippen molar-refractivity contribution >= 4 is 111 Å². The van der Waals surface area contributed by atoms with E-state index in [9.17, 15) is 48.6 Å². The number of carbonyl (C=O) groups excluding carboxylic acids is 15. The van der Waals surface area contributed by atoms with E-state index in [1.165, 1.54) is 93.6 Å². The van der Waals surface area contributed by atoms with Gasteiger partial charge in [0.1, 0.15) is 78.0 Å². The molecule has 680 valence electrons. The number of phenols is 2. The molecule has 8 rings (SSSR count). The number of nitrogens with one attached hydrogen (secondary N) is 10. The second-order valence-electron chi connectivity index (χ2n) is 32.9. The molecular weight excluding hydrogens is 1650 g/mol. The van der Waals surface area contributed by atoms with Gasteiger partial charge < -0.3 is 93.3 Å². The fourth-order valence-corrected chi connectivity index (χ4v) is 15.8. The Kier molecular flexibility index (Phi) is 37.8. The molecule has 0 spiro atoms. The third kappa shape index (κ3) is 29.8. The van der Waals surface area contributed by atoms with E-state index in [0.717, 1.165) is 26.5 Å². The smallest absolute Gasteiger partial charge is 0.246 e. The molecule has 1 aliphatic heterocycles. The number of aromatic amines is 1. The molecule has 34 heteroatoms. The number of hydrogen-bond acceptors (Lipinski definition) is 18. The molecule has 1 saturated heterocycles. The number of fused-ring (bicyclic) bond motifs is 1. The number of rotatable bonds is 22. The second-order valence-corrected chi connectivity index (χ2v) is 33.9. The maximum Gasteiger partial charge on any atom is 0.246 e. The van der Waals surface area contributed by atoms with Crippen molar-refractivity contribution in [2.45, 2.75) is 179 Å². The van der Waals surface area contributed by atoms with Crippen LogP contribution >= 0.6 is 11.8 Å². The zero-order valence-electron chi connectivity index (χ0n) is 73.7. The van der Waals surface area contributed by atoms with Crippen LogP contribution in [0.1, 0.15) is 107 Å². The fraction of sp³-hybridized carbons (Fsp3) is 0.430. The number of benzene rings is 6. The highest BCUT2D eigenvalue weighted by molar-refractivity contribution is 8.00. The Bertz CT molecular complexity index is 4950. The van der Waals surface area contributed by atoms with Crippen LogP contribution in [0.4, 0.5) is 0 Å². The van der Waals surface area contributed by atoms with E-state index in [4.69, 9.17) is 5.73 Å². The van der Waals surface area contributed by atoms with Gasteiger partial charge in [-0.3, -0.25) is 71.9 Å². The van der Waals surface area contributed by atoms with Gasteiger partial charge in [0.2, 0.25) is 88.6 Å². The molecule has 33 nitrogen and oxygen atoms in total. The van der Waals surface area contributed by atoms with Crippen molar-refractivity contribution in [1.82, 2.24) is 77.3 Å². The van der Waals surface area contributed by atoms with Crippen LogP contribution < -0.4 is 53.6 Å². The summed E-state index contributed by atoms with van der Waals surface area (Å²) < 4.78 is 0. The first kappa shape index (κ1) is 99.3. The summed E-state index contributed by atoms with van der Waals surface area (Å²) in [6.07, 6.45) is 1.61. The number of primary amides is 1. The number of carbonyl (C=O) groups is 15. The van der Waals surface area contributed by atoms with E-state index in [-0.39, 0.29) is 81.0 Å². The molecule has 11 atom stereocenters. The quantitative estimate of drug-likeness (QED) is 0.0463. The van der Waals surface area contributed by atoms with Crippen molar-refractivity contribution in [1.29, 1.82) is 0 Å². The molecule has 0 radical (unpaired) electrons. The second kappa shape index (κ2) is 48.4. The first-order chi connectivity index (χ1) is 60.5. The summed E-state index contributed by atoms with van der Waals surface area (Å²) in [6, 6.07) is 29.2. The molecule has 0 bridgehead atoms. The highest BCUT2D eigenvalue weighted by Crippen LogP contribution is 2.25. The number of amides is 15. The molecule has 1 aromatic heterocycles. The van der Waals surface area contributed by atoms with E-state index in [0.29, 0.717) is 57.1 Å². The summed E-state index contributed by atoms with van der Waals surface area (Å²) in [6.45, 7) is 8.32. The number of H-pyrrole nitrogens is 1. The van der Waals surface area contributed by atoms with Crippen LogP contribution in [0.2, 0.25) is 0 Å². The number of nitrogens with zero attached hydrogens (tertiary/aromatic N) is 5. The minimum atomic E-state index is -1.58. The molecule has 14 N–H and O–H groups in total. The van der Waals surface area contributed by atoms with E-state index in [1.807, 2.05) is 6.92 Å². The van der Waals surface area contributed by atoms with E-state index >= 15 is 33.6 Å². The maximum atomic E-state index is 15.5. The zero-order chi connectivity index (χ0) is 92.7. The normalized spacial score (nSPS) is 22.1. The summed E-state index contributed by atoms with van der Waals surface area (Å²) in [7, 11) is 6.86. The van der Waals surface area contributed by atoms with Crippen molar-refractivity contribution in [2.24, 2.45) is 17.6 Å². The molecule has 1 unspecified atom stereocenters. The average molecular weight is 1770 g/mol. The standard InChI is InChI=1S/C93H120N16O17S/c1-12-14-34-75-91(124)106(8)53-79(113)97-67(13-2)84(117)104-82(57(5)6)93(126)108(10)76(47-59-28-20-16-21-29-59)88(121)102-72(46-62-37-41-65(111)42-38-62)89(122)105(7)52-80(114)98-71(49-63-50-95-68-33-25-24-32-66(63)68)87(120)101-70(44-61-35-39-64(110)40-36-61)86(119)100-69(43-56(3)4)85(118)103-74(83(116)96-51-78(94)112)54-127-55-81(115)99-73(45-58-26-18-15-19-27-58)90(123)109(11)77(92(125)107(75)9)48-60-30-22-17-23-31-60/h15-33,35-42,50,56-57,67,69-77,82,95,110-111H,12-14,34,43-49,51-55H2,1-11H3,(H2,94,112)(H,96,116)(H,97,113)(H,98,114)(H,99,115)(H,100,119)(H,101,120)(H,102,121)(H,103,118)(H,104,117)/t67-,69-,70?,71-,72-,73-,74-,75-,76-,77-,82-/m0/s1. The first-order valence-electron chi connectivity index (χ1n) is 42.6. The van der Waals surface area contributed by atoms with Crippen molar-refractivity contribution in [3.8, 4) is 11.5 Å². The number of aromatic hydroxyl groups is 2. The lowest BCUT2D eigenvalue weighted by atomic mass is 9.98. The van der Waals surface area contributed by atoms with E-state index in [2.05, 4.69) is 52.8 Å². The lowest BCUT2D eigenvalue weighted by Gasteiger charge is -2.37. The van der Waals surface area contributed by atoms with Crippen LogP contribution in [0.15, 0.2) is 170 Å². The summed E-state index contributed by atoms with van der Waals surface area (Å²) in [5.41, 5.74) is 9.35. The third-order valence-electron chi connectivity index (χ3n) is 22.1. The summed E-state index contributed by atoms with van der Waals surface area (Å²) in [5, 5.41) is 46.0. The average Bonchev–Trinajstić information content (AvgIpc) is 0.834. The first-order valence-corrected chi connectivity index (χ1v) is 43.7. The lowest BCUT2D eigenvalue weighted by molar-refractivity contribution is -0.151. The third-order valence-corrected chi connectivity index (χ3v) is 23.1. The van der Waals surface area contributed by atoms with Gasteiger partial charge in [-0.05, 0) is 94.8 Å². The van der Waals surface area contributed by atoms with Gasteiger partial charge in [0.25, 0.3) is 0 Å². The topological polar surface area (TPSA) is 463 Å². The van der Waals surface area contributed by atoms with Crippen molar-refractivity contribution in [3.05, 3.63) is 203 Å². The Balaban J connectivity index is 1.20. The van der Waals surface area contributed by atoms with Crippen LogP contribution in [0.25, 0.3) is 10.9 Å². The van der Waals surface area contributed by atoms with Crippen molar-refractivity contribution in [2.75, 3.05) is 66.4 Å². The van der Waals surface area contributed by atoms with Crippen LogP contribution in [-0.2, 0) is 110 Å². The van der Waals surface area contributed by atoms with Gasteiger partial charge in [0.05, 0.1) is 25.4 Å². The number of hydrogen-bond donors (Lipinski definition) is 13. The van der Waals surface area contributed by atoms with Crippen LogP contribution in [0.3, 0.4) is 0 Å². The number of phenolic OH excluding ortho intramolecular Hbond substituents is 2. The molecule has 1 aliphatic rings. The predicted octanol–water partition coefficient (Wildman–Crippen LogP) is 3.26. The molecular formula is C93H120N16O17S. The predicted molar refractivity (Wildman–Crippen MR) is 480 cm³/mol. The number of thioether (sulfide) groups is 1. The van der Waals surface area contributed by atoms with Gasteiger partial charge >= 0.3 is 0 Å². The van der Waals surface area contributed by atoms with Crippen LogP contribution in [0.5, 0.6) is 11.5 Å². The lowest BCUT2D eigenvalue weighted by Crippen LogP contribution is -2.61. The Morgan fingerprint density at radius 2 is 0.890 bits per heavy atom. The maximum absolute atomic E-state index is 15.5. The summed E-state index contributed by atoms with van der Waals surface area (Å²) >= 11 is 0.851. The van der Waals surface area contributed by atoms with Gasteiger partial charge in [-0.1, -0.05) is 188 Å². The number of nitrogens with two attached hydrogens (primary N) is 1. The number of para-hydroxylation sites is 1. The van der Waals surface area contributed by atoms with Crippen LogP contribution in [-0.4, -0.2) is 261 Å². The van der Waals surface area contributed by atoms with Gasteiger partial charge in [-0.25, -0.2) is 0 Å². The number of likely N-dealkylation sites (N-methyl/N-ethyl adjacent to an activating group) is 5. The van der Waals surface area contributed by atoms with Gasteiger partial charge in [-0.15, -0.1) is 11.8 Å². The van der Waals surface area contributed by atoms with Gasteiger partial charge in [0.15, 0.2) is 0 Å². The number of aromatic nitrogens is 1. The molecule has 6 aromatic carbocycles. The molecule has 127 heavy (non-hydrogen) atoms. The molecule has 7 aromatic rings. The Morgan fingerprint density at radius 1 is 0.449 bits per heavy atom. The molecule has 0 saturated carbocycles. The van der Waals surface area contributed by atoms with Crippen LogP contribution in [0, 0.1) is 11.8 Å². The number of unbranched alkanes of at least 4 members (excludes halogenated alkanes) is 1. The van der Waals surface area contributed by atoms with Crippen molar-refractivity contribution in [3.63, 3.8) is 0 Å². The molecule has 2 heterocycles. The minimum Gasteiger partial charge on any atom is -0.508 e. The van der Waals surface area contributed by atoms with Crippen molar-refractivity contribution < 1.29 is 82.1 Å².